The fourth-order valence-corrected chi connectivity index (χ4v) is 1.53. The second-order valence-electron chi connectivity index (χ2n) is 4.43. The lowest BCUT2D eigenvalue weighted by Gasteiger charge is -2.04. The highest BCUT2D eigenvalue weighted by molar-refractivity contribution is 5.44. The molecule has 0 aliphatic heterocycles. The summed E-state index contributed by atoms with van der Waals surface area (Å²) in [6.07, 6.45) is -4.36. The molecule has 2 rings (SSSR count). The summed E-state index contributed by atoms with van der Waals surface area (Å²) in [5.41, 5.74) is 2.02. The van der Waals surface area contributed by atoms with Crippen molar-refractivity contribution in [2.75, 3.05) is 11.9 Å². The Morgan fingerprint density at radius 3 is 2.62 bits per heavy atom. The number of aryl methyl sites for hydroxylation is 1. The van der Waals surface area contributed by atoms with Crippen molar-refractivity contribution in [3.63, 3.8) is 0 Å². The number of rotatable bonds is 6. The molecule has 0 unspecified atom stereocenters. The highest BCUT2D eigenvalue weighted by Gasteiger charge is 2.27. The van der Waals surface area contributed by atoms with Crippen molar-refractivity contribution in [2.24, 2.45) is 0 Å². The van der Waals surface area contributed by atoms with E-state index < -0.39 is 12.8 Å². The molecule has 0 spiro atoms. The van der Waals surface area contributed by atoms with E-state index in [-0.39, 0.29) is 24.9 Å². The SMILES string of the molecule is Cc1ccc(NCc2nc(COCC(F)(F)F)no2)cc1. The van der Waals surface area contributed by atoms with Gasteiger partial charge in [-0.3, -0.25) is 0 Å². The number of alkyl halides is 3. The smallest absolute Gasteiger partial charge is 0.376 e. The third kappa shape index (κ3) is 5.42. The first-order valence-electron chi connectivity index (χ1n) is 6.19. The normalized spacial score (nSPS) is 11.6. The Balaban J connectivity index is 1.79. The van der Waals surface area contributed by atoms with E-state index in [9.17, 15) is 13.2 Å². The molecule has 21 heavy (non-hydrogen) atoms. The second-order valence-corrected chi connectivity index (χ2v) is 4.43. The molecule has 0 saturated heterocycles. The number of hydrogen-bond acceptors (Lipinski definition) is 5. The van der Waals surface area contributed by atoms with E-state index >= 15 is 0 Å². The highest BCUT2D eigenvalue weighted by Crippen LogP contribution is 2.15. The molecule has 0 aliphatic rings. The van der Waals surface area contributed by atoms with E-state index in [0.717, 1.165) is 11.3 Å². The van der Waals surface area contributed by atoms with Gasteiger partial charge in [0.05, 0.1) is 6.54 Å². The van der Waals surface area contributed by atoms with Crippen LogP contribution in [0.2, 0.25) is 0 Å². The lowest BCUT2D eigenvalue weighted by molar-refractivity contribution is -0.177. The standard InChI is InChI=1S/C13H14F3N3O2/c1-9-2-4-10(5-3-9)17-6-12-18-11(19-21-12)7-20-8-13(14,15)16/h2-5,17H,6-8H2,1H3. The first-order valence-corrected chi connectivity index (χ1v) is 6.19. The average Bonchev–Trinajstić information content (AvgIpc) is 2.85. The predicted molar refractivity (Wildman–Crippen MR) is 68.5 cm³/mol. The molecule has 0 amide bonds. The number of nitrogens with one attached hydrogen (secondary N) is 1. The maximum Gasteiger partial charge on any atom is 0.411 e. The molecule has 5 nitrogen and oxygen atoms in total. The van der Waals surface area contributed by atoms with Gasteiger partial charge in [-0.1, -0.05) is 22.9 Å². The minimum atomic E-state index is -4.36. The lowest BCUT2D eigenvalue weighted by Crippen LogP contribution is -2.17. The van der Waals surface area contributed by atoms with Crippen LogP contribution in [-0.2, 0) is 17.9 Å². The first kappa shape index (κ1) is 15.3. The molecule has 0 bridgehead atoms. The van der Waals surface area contributed by atoms with Gasteiger partial charge in [-0.05, 0) is 19.1 Å². The van der Waals surface area contributed by atoms with Gasteiger partial charge in [0.2, 0.25) is 5.89 Å². The fraction of sp³-hybridized carbons (Fsp3) is 0.385. The fourth-order valence-electron chi connectivity index (χ4n) is 1.53. The van der Waals surface area contributed by atoms with Gasteiger partial charge in [0.1, 0.15) is 13.2 Å². The average molecular weight is 301 g/mol. The molecular formula is C13H14F3N3O2. The molecule has 0 saturated carbocycles. The molecule has 2 aromatic rings. The van der Waals surface area contributed by atoms with Crippen LogP contribution < -0.4 is 5.32 Å². The van der Waals surface area contributed by atoms with E-state index in [1.165, 1.54) is 0 Å². The molecule has 0 aliphatic carbocycles. The maximum absolute atomic E-state index is 11.9. The van der Waals surface area contributed by atoms with Crippen LogP contribution in [0.4, 0.5) is 18.9 Å². The molecule has 8 heteroatoms. The monoisotopic (exact) mass is 301 g/mol. The number of nitrogens with zero attached hydrogens (tertiary/aromatic N) is 2. The van der Waals surface area contributed by atoms with Crippen LogP contribution >= 0.6 is 0 Å². The summed E-state index contributed by atoms with van der Waals surface area (Å²) in [5.74, 6) is 0.362. The Morgan fingerprint density at radius 1 is 1.24 bits per heavy atom. The van der Waals surface area contributed by atoms with Crippen LogP contribution in [0.5, 0.6) is 0 Å². The quantitative estimate of drug-likeness (QED) is 0.888. The largest absolute Gasteiger partial charge is 0.411 e. The molecule has 0 atom stereocenters. The number of anilines is 1. The van der Waals surface area contributed by atoms with Crippen LogP contribution in [0.25, 0.3) is 0 Å². The van der Waals surface area contributed by atoms with Crippen molar-refractivity contribution in [3.05, 3.63) is 41.5 Å². The van der Waals surface area contributed by atoms with Crippen molar-refractivity contribution in [2.45, 2.75) is 26.3 Å². The Bertz CT molecular complexity index is 567. The van der Waals surface area contributed by atoms with E-state index in [1.807, 2.05) is 31.2 Å². The minimum absolute atomic E-state index is 0.0833. The van der Waals surface area contributed by atoms with Crippen LogP contribution in [0.3, 0.4) is 0 Å². The van der Waals surface area contributed by atoms with E-state index in [2.05, 4.69) is 20.2 Å². The Labute approximate surface area is 119 Å². The van der Waals surface area contributed by atoms with E-state index in [1.54, 1.807) is 0 Å². The molecule has 1 aromatic carbocycles. The van der Waals surface area contributed by atoms with Gasteiger partial charge in [0.15, 0.2) is 5.82 Å². The summed E-state index contributed by atoms with van der Waals surface area (Å²) >= 11 is 0. The third-order valence-electron chi connectivity index (χ3n) is 2.50. The van der Waals surface area contributed by atoms with Gasteiger partial charge < -0.3 is 14.6 Å². The first-order chi connectivity index (χ1) is 9.92. The molecule has 114 valence electrons. The summed E-state index contributed by atoms with van der Waals surface area (Å²) in [4.78, 5) is 3.93. The van der Waals surface area contributed by atoms with Crippen LogP contribution in [0, 0.1) is 6.92 Å². The van der Waals surface area contributed by atoms with Crippen LogP contribution in [-0.4, -0.2) is 22.9 Å². The predicted octanol–water partition coefficient (Wildman–Crippen LogP) is 3.07. The van der Waals surface area contributed by atoms with E-state index in [4.69, 9.17) is 4.52 Å². The Kier molecular flexibility index (Phi) is 4.79. The van der Waals surface area contributed by atoms with Crippen LogP contribution in [0.1, 0.15) is 17.3 Å². The summed E-state index contributed by atoms with van der Waals surface area (Å²) in [5, 5.41) is 6.61. The second kappa shape index (κ2) is 6.57. The van der Waals surface area contributed by atoms with Gasteiger partial charge in [-0.25, -0.2) is 0 Å². The van der Waals surface area contributed by atoms with Gasteiger partial charge in [0, 0.05) is 5.69 Å². The number of hydrogen-bond donors (Lipinski definition) is 1. The summed E-state index contributed by atoms with van der Waals surface area (Å²) in [6.45, 7) is 0.594. The van der Waals surface area contributed by atoms with Crippen molar-refractivity contribution >= 4 is 5.69 Å². The zero-order valence-electron chi connectivity index (χ0n) is 11.3. The summed E-state index contributed by atoms with van der Waals surface area (Å²) < 4.78 is 45.1. The topological polar surface area (TPSA) is 60.2 Å². The molecule has 1 N–H and O–H groups in total. The van der Waals surface area contributed by atoms with Crippen molar-refractivity contribution in [1.82, 2.24) is 10.1 Å². The minimum Gasteiger partial charge on any atom is -0.376 e. The van der Waals surface area contributed by atoms with Crippen molar-refractivity contribution < 1.29 is 22.4 Å². The Morgan fingerprint density at radius 2 is 1.95 bits per heavy atom. The number of halogens is 3. The van der Waals surface area contributed by atoms with Crippen molar-refractivity contribution in [3.8, 4) is 0 Å². The third-order valence-corrected chi connectivity index (χ3v) is 2.50. The van der Waals surface area contributed by atoms with Crippen LogP contribution in [0.15, 0.2) is 28.8 Å². The maximum atomic E-state index is 11.9. The number of ether oxygens (including phenoxy) is 1. The number of aromatic nitrogens is 2. The zero-order valence-corrected chi connectivity index (χ0v) is 11.3. The lowest BCUT2D eigenvalue weighted by atomic mass is 10.2. The van der Waals surface area contributed by atoms with Gasteiger partial charge in [-0.15, -0.1) is 0 Å². The summed E-state index contributed by atoms with van der Waals surface area (Å²) in [6, 6.07) is 7.71. The van der Waals surface area contributed by atoms with Crippen molar-refractivity contribution in [1.29, 1.82) is 0 Å². The van der Waals surface area contributed by atoms with E-state index in [0.29, 0.717) is 0 Å². The molecule has 1 heterocycles. The Hall–Kier alpha value is -2.09. The molecule has 1 aromatic heterocycles. The zero-order chi connectivity index (χ0) is 15.3. The molecular weight excluding hydrogens is 287 g/mol. The van der Waals surface area contributed by atoms with Gasteiger partial charge in [-0.2, -0.15) is 18.2 Å². The van der Waals surface area contributed by atoms with Gasteiger partial charge in [0.25, 0.3) is 0 Å². The van der Waals surface area contributed by atoms with Gasteiger partial charge >= 0.3 is 6.18 Å². The molecule has 0 radical (unpaired) electrons. The molecule has 0 fully saturated rings. The number of benzene rings is 1. The summed E-state index contributed by atoms with van der Waals surface area (Å²) in [7, 11) is 0. The highest BCUT2D eigenvalue weighted by atomic mass is 19.4.